The molecule has 1 saturated carbocycles. The molecule has 4 heteroatoms. The van der Waals surface area contributed by atoms with Crippen LogP contribution in [0.1, 0.15) is 19.3 Å². The van der Waals surface area contributed by atoms with Gasteiger partial charge in [0.1, 0.15) is 0 Å². The fourth-order valence-electron chi connectivity index (χ4n) is 0. The SMILES string of the molecule is C1CC1.N[P+](=O)[O-]. The molecule has 1 rings (SSSR count). The largest absolute Gasteiger partial charge is 0.578 e. The molecule has 2 N–H and O–H groups in total. The summed E-state index contributed by atoms with van der Waals surface area (Å²) >= 11 is 0. The van der Waals surface area contributed by atoms with E-state index in [1.54, 1.807) is 0 Å². The molecule has 0 aliphatic heterocycles. The summed E-state index contributed by atoms with van der Waals surface area (Å²) in [6.45, 7) is 0. The van der Waals surface area contributed by atoms with Crippen LogP contribution < -0.4 is 10.4 Å². The number of nitrogens with two attached hydrogens (primary N) is 1. The van der Waals surface area contributed by atoms with Gasteiger partial charge >= 0.3 is 8.18 Å². The van der Waals surface area contributed by atoms with E-state index in [1.165, 1.54) is 19.3 Å². The second-order valence-electron chi connectivity index (χ2n) is 1.35. The second-order valence-corrected chi connectivity index (χ2v) is 1.92. The van der Waals surface area contributed by atoms with Crippen molar-refractivity contribution in [1.29, 1.82) is 0 Å². The molecule has 0 heterocycles. The van der Waals surface area contributed by atoms with Crippen molar-refractivity contribution in [3.63, 3.8) is 0 Å². The molecule has 0 spiro atoms. The van der Waals surface area contributed by atoms with Crippen molar-refractivity contribution in [1.82, 2.24) is 0 Å². The molecular formula is C3H8NO2P. The first kappa shape index (κ1) is 7.02. The van der Waals surface area contributed by atoms with Gasteiger partial charge in [-0.1, -0.05) is 23.8 Å². The Balaban J connectivity index is 0.000000105. The number of hydrogen-bond acceptors (Lipinski definition) is 2. The molecule has 1 aliphatic carbocycles. The summed E-state index contributed by atoms with van der Waals surface area (Å²) in [5, 5.41) is 0. The molecule has 7 heavy (non-hydrogen) atoms. The monoisotopic (exact) mass is 121 g/mol. The lowest BCUT2D eigenvalue weighted by Crippen LogP contribution is -1.91. The number of rotatable bonds is 0. The first-order chi connectivity index (χ1) is 3.23. The van der Waals surface area contributed by atoms with Gasteiger partial charge in [-0.05, 0) is 0 Å². The molecule has 0 saturated heterocycles. The Bertz CT molecular complexity index is 57.2. The zero-order chi connectivity index (χ0) is 5.70. The normalized spacial score (nSPS) is 16.6. The molecule has 1 unspecified atom stereocenters. The van der Waals surface area contributed by atoms with Crippen LogP contribution in [0.2, 0.25) is 0 Å². The highest BCUT2D eigenvalue weighted by Crippen LogP contribution is 2.14. The predicted octanol–water partition coefficient (Wildman–Crippen LogP) is 0.133. The molecule has 42 valence electrons. The zero-order valence-corrected chi connectivity index (χ0v) is 4.86. The molecule has 0 bridgehead atoms. The lowest BCUT2D eigenvalue weighted by Gasteiger charge is -1.59. The molecule has 0 aromatic carbocycles. The van der Waals surface area contributed by atoms with Crippen molar-refractivity contribution < 1.29 is 9.46 Å². The average Bonchev–Trinajstić information content (AvgIpc) is 2.02. The van der Waals surface area contributed by atoms with Crippen LogP contribution in [0, 0.1) is 0 Å². The lowest BCUT2D eigenvalue weighted by molar-refractivity contribution is -0.164. The Kier molecular flexibility index (Phi) is 4.20. The van der Waals surface area contributed by atoms with E-state index in [0.717, 1.165) is 0 Å². The van der Waals surface area contributed by atoms with Crippen molar-refractivity contribution in [2.24, 2.45) is 5.50 Å². The first-order valence-electron chi connectivity index (χ1n) is 2.12. The van der Waals surface area contributed by atoms with Gasteiger partial charge in [0.05, 0.1) is 0 Å². The topological polar surface area (TPSA) is 66.2 Å². The fraction of sp³-hybridized carbons (Fsp3) is 1.00. The summed E-state index contributed by atoms with van der Waals surface area (Å²) in [7, 11) is -2.62. The smallest absolute Gasteiger partial charge is 0.405 e. The number of hydrogen-bond donors (Lipinski definition) is 1. The van der Waals surface area contributed by atoms with E-state index in [-0.39, 0.29) is 0 Å². The first-order valence-corrected chi connectivity index (χ1v) is 3.37. The highest BCUT2D eigenvalue weighted by molar-refractivity contribution is 7.33. The van der Waals surface area contributed by atoms with Crippen molar-refractivity contribution in [3.05, 3.63) is 0 Å². The summed E-state index contributed by atoms with van der Waals surface area (Å²) in [6.07, 6.45) is 4.50. The summed E-state index contributed by atoms with van der Waals surface area (Å²) < 4.78 is 8.81. The van der Waals surface area contributed by atoms with Crippen molar-refractivity contribution in [2.45, 2.75) is 19.3 Å². The Morgan fingerprint density at radius 1 is 1.43 bits per heavy atom. The van der Waals surface area contributed by atoms with Crippen LogP contribution >= 0.6 is 8.18 Å². The highest BCUT2D eigenvalue weighted by Gasteiger charge is 1.95. The van der Waals surface area contributed by atoms with E-state index >= 15 is 0 Å². The standard InChI is InChI=1S/C3H6.H2NO2P/c1-2-3-1;1-4(2)3/h1-3H2;(H2,1,2,3). The van der Waals surface area contributed by atoms with E-state index in [2.05, 4.69) is 5.50 Å². The Hall–Kier alpha value is 0.0200. The predicted molar refractivity (Wildman–Crippen MR) is 25.6 cm³/mol. The molecule has 1 aliphatic rings. The van der Waals surface area contributed by atoms with Crippen LogP contribution in [0.4, 0.5) is 0 Å². The summed E-state index contributed by atoms with van der Waals surface area (Å²) in [5.41, 5.74) is 4.06. The lowest BCUT2D eigenvalue weighted by atomic mass is 11.0. The summed E-state index contributed by atoms with van der Waals surface area (Å²) in [5.74, 6) is 0. The molecule has 3 nitrogen and oxygen atoms in total. The van der Waals surface area contributed by atoms with Crippen LogP contribution in [0.5, 0.6) is 0 Å². The van der Waals surface area contributed by atoms with Gasteiger partial charge in [-0.3, -0.25) is 0 Å². The molecule has 1 fully saturated rings. The zero-order valence-electron chi connectivity index (χ0n) is 3.96. The van der Waals surface area contributed by atoms with E-state index < -0.39 is 8.18 Å². The molecule has 1 atom stereocenters. The van der Waals surface area contributed by atoms with Gasteiger partial charge in [0.2, 0.25) is 0 Å². The van der Waals surface area contributed by atoms with Gasteiger partial charge in [-0.15, -0.1) is 5.50 Å². The second kappa shape index (κ2) is 4.19. The van der Waals surface area contributed by atoms with Crippen molar-refractivity contribution >= 4 is 8.18 Å². The maximum Gasteiger partial charge on any atom is 0.405 e. The fourth-order valence-corrected chi connectivity index (χ4v) is 0. The minimum atomic E-state index is -2.62. The van der Waals surface area contributed by atoms with Gasteiger partial charge < -0.3 is 4.89 Å². The van der Waals surface area contributed by atoms with Gasteiger partial charge in [0, 0.05) is 0 Å². The van der Waals surface area contributed by atoms with Gasteiger partial charge in [-0.25, -0.2) is 0 Å². The maximum atomic E-state index is 8.81. The van der Waals surface area contributed by atoms with Crippen LogP contribution in [-0.4, -0.2) is 0 Å². The average molecular weight is 121 g/mol. The van der Waals surface area contributed by atoms with E-state index in [4.69, 9.17) is 9.46 Å². The Morgan fingerprint density at radius 2 is 1.57 bits per heavy atom. The quantitative estimate of drug-likeness (QED) is 0.463. The Labute approximate surface area is 43.5 Å². The highest BCUT2D eigenvalue weighted by atomic mass is 31.1. The molecular weight excluding hydrogens is 113 g/mol. The van der Waals surface area contributed by atoms with Gasteiger partial charge in [0.15, 0.2) is 0 Å². The minimum absolute atomic E-state index is 1.50. The minimum Gasteiger partial charge on any atom is -0.578 e. The van der Waals surface area contributed by atoms with Crippen LogP contribution in [0.25, 0.3) is 0 Å². The van der Waals surface area contributed by atoms with E-state index in [9.17, 15) is 0 Å². The summed E-state index contributed by atoms with van der Waals surface area (Å²) in [4.78, 5) is 8.81. The third-order valence-corrected chi connectivity index (χ3v) is 0.354. The Morgan fingerprint density at radius 3 is 1.57 bits per heavy atom. The van der Waals surface area contributed by atoms with Crippen molar-refractivity contribution in [2.75, 3.05) is 0 Å². The van der Waals surface area contributed by atoms with Crippen molar-refractivity contribution in [3.8, 4) is 0 Å². The van der Waals surface area contributed by atoms with Crippen LogP contribution in [0.3, 0.4) is 0 Å². The molecule has 0 aromatic heterocycles. The molecule has 0 aromatic rings. The molecule has 0 amide bonds. The summed E-state index contributed by atoms with van der Waals surface area (Å²) in [6, 6.07) is 0. The van der Waals surface area contributed by atoms with Gasteiger partial charge in [0.25, 0.3) is 0 Å². The van der Waals surface area contributed by atoms with Crippen LogP contribution in [-0.2, 0) is 4.57 Å². The van der Waals surface area contributed by atoms with E-state index in [1.807, 2.05) is 0 Å². The molecule has 0 radical (unpaired) electrons. The third kappa shape index (κ3) is 93.5. The van der Waals surface area contributed by atoms with Gasteiger partial charge in [-0.2, -0.15) is 0 Å². The van der Waals surface area contributed by atoms with E-state index in [0.29, 0.717) is 0 Å². The maximum absolute atomic E-state index is 8.81. The third-order valence-electron chi connectivity index (χ3n) is 0.354. The van der Waals surface area contributed by atoms with Crippen LogP contribution in [0.15, 0.2) is 0 Å².